The zero-order valence-electron chi connectivity index (χ0n) is 15.0. The Morgan fingerprint density at radius 2 is 1.69 bits per heavy atom. The van der Waals surface area contributed by atoms with Crippen molar-refractivity contribution in [2.45, 2.75) is 20.8 Å². The van der Waals surface area contributed by atoms with E-state index < -0.39 is 18.5 Å². The fraction of sp³-hybridized carbons (Fsp3) is 0.263. The Hall–Kier alpha value is -3.22. The maximum Gasteiger partial charge on any atom is 0.340 e. The van der Waals surface area contributed by atoms with Gasteiger partial charge in [-0.3, -0.25) is 14.6 Å². The van der Waals surface area contributed by atoms with Gasteiger partial charge in [-0.05, 0) is 44.0 Å². The van der Waals surface area contributed by atoms with Gasteiger partial charge in [-0.25, -0.2) is 4.79 Å². The van der Waals surface area contributed by atoms with Crippen LogP contribution in [0.3, 0.4) is 0 Å². The number of rotatable bonds is 6. The summed E-state index contributed by atoms with van der Waals surface area (Å²) in [6, 6.07) is 8.93. The van der Waals surface area contributed by atoms with E-state index in [9.17, 15) is 14.4 Å². The van der Waals surface area contributed by atoms with Crippen molar-refractivity contribution >= 4 is 23.5 Å². The minimum Gasteiger partial charge on any atom is -0.452 e. The first-order valence-electron chi connectivity index (χ1n) is 8.09. The molecule has 1 heterocycles. The van der Waals surface area contributed by atoms with E-state index >= 15 is 0 Å². The van der Waals surface area contributed by atoms with Crippen LogP contribution < -0.4 is 10.6 Å². The lowest BCUT2D eigenvalue weighted by Gasteiger charge is -2.12. The number of benzene rings is 1. The molecule has 0 fully saturated rings. The van der Waals surface area contributed by atoms with Crippen molar-refractivity contribution < 1.29 is 19.1 Å². The Balaban J connectivity index is 1.77. The second-order valence-corrected chi connectivity index (χ2v) is 5.86. The van der Waals surface area contributed by atoms with Gasteiger partial charge in [-0.2, -0.15) is 0 Å². The van der Waals surface area contributed by atoms with Gasteiger partial charge in [0.25, 0.3) is 5.91 Å². The van der Waals surface area contributed by atoms with Crippen molar-refractivity contribution in [3.8, 4) is 0 Å². The summed E-state index contributed by atoms with van der Waals surface area (Å²) in [5.41, 5.74) is 3.63. The molecule has 26 heavy (non-hydrogen) atoms. The molecule has 2 rings (SSSR count). The van der Waals surface area contributed by atoms with Gasteiger partial charge in [0, 0.05) is 17.6 Å². The molecule has 7 nitrogen and oxygen atoms in total. The van der Waals surface area contributed by atoms with E-state index in [1.54, 1.807) is 19.1 Å². The molecule has 0 atom stereocenters. The third kappa shape index (κ3) is 5.41. The van der Waals surface area contributed by atoms with E-state index in [-0.39, 0.29) is 18.0 Å². The zero-order valence-corrected chi connectivity index (χ0v) is 15.0. The van der Waals surface area contributed by atoms with E-state index in [2.05, 4.69) is 15.6 Å². The van der Waals surface area contributed by atoms with Crippen molar-refractivity contribution in [2.75, 3.05) is 18.5 Å². The van der Waals surface area contributed by atoms with E-state index in [1.165, 1.54) is 6.20 Å². The molecule has 0 saturated heterocycles. The molecular weight excluding hydrogens is 334 g/mol. The van der Waals surface area contributed by atoms with Crippen molar-refractivity contribution in [2.24, 2.45) is 0 Å². The number of para-hydroxylation sites is 1. The Morgan fingerprint density at radius 3 is 2.31 bits per heavy atom. The largest absolute Gasteiger partial charge is 0.452 e. The Kier molecular flexibility index (Phi) is 6.43. The number of nitrogens with one attached hydrogen (secondary N) is 2. The second kappa shape index (κ2) is 8.75. The molecule has 0 bridgehead atoms. The number of aryl methyl sites for hydroxylation is 3. The van der Waals surface area contributed by atoms with Crippen LogP contribution >= 0.6 is 0 Å². The summed E-state index contributed by atoms with van der Waals surface area (Å²) >= 11 is 0. The van der Waals surface area contributed by atoms with Crippen molar-refractivity contribution in [1.29, 1.82) is 0 Å². The maximum atomic E-state index is 12.0. The van der Waals surface area contributed by atoms with Crippen LogP contribution in [0.15, 0.2) is 36.5 Å². The molecule has 7 heteroatoms. The lowest BCUT2D eigenvalue weighted by Crippen LogP contribution is -2.35. The third-order valence-corrected chi connectivity index (χ3v) is 3.67. The molecular formula is C19H21N3O4. The van der Waals surface area contributed by atoms with Gasteiger partial charge in [-0.15, -0.1) is 0 Å². The highest BCUT2D eigenvalue weighted by Gasteiger charge is 2.12. The van der Waals surface area contributed by atoms with Crippen molar-refractivity contribution in [3.05, 3.63) is 58.9 Å². The van der Waals surface area contributed by atoms with Gasteiger partial charge in [0.2, 0.25) is 5.91 Å². The Morgan fingerprint density at radius 1 is 1.00 bits per heavy atom. The van der Waals surface area contributed by atoms with Crippen LogP contribution in [-0.4, -0.2) is 35.9 Å². The normalized spacial score (nSPS) is 10.1. The standard InChI is InChI=1S/C19H21N3O4/c1-12-5-4-6-13(2)18(12)22-16(23)10-21-17(24)11-26-19(25)15-8-7-14(3)20-9-15/h4-9H,10-11H2,1-3H3,(H,21,24)(H,22,23). The summed E-state index contributed by atoms with van der Waals surface area (Å²) in [4.78, 5) is 39.5. The van der Waals surface area contributed by atoms with Crippen LogP contribution in [0.25, 0.3) is 0 Å². The first kappa shape index (κ1) is 19.1. The van der Waals surface area contributed by atoms with Crippen LogP contribution in [0.1, 0.15) is 27.2 Å². The zero-order chi connectivity index (χ0) is 19.1. The number of hydrogen-bond acceptors (Lipinski definition) is 5. The monoisotopic (exact) mass is 355 g/mol. The minimum atomic E-state index is -0.646. The molecule has 1 aromatic carbocycles. The predicted molar refractivity (Wildman–Crippen MR) is 96.8 cm³/mol. The third-order valence-electron chi connectivity index (χ3n) is 3.67. The minimum absolute atomic E-state index is 0.212. The summed E-state index contributed by atoms with van der Waals surface area (Å²) < 4.78 is 4.90. The summed E-state index contributed by atoms with van der Waals surface area (Å²) in [7, 11) is 0. The van der Waals surface area contributed by atoms with Crippen LogP contribution in [-0.2, 0) is 14.3 Å². The molecule has 0 aliphatic rings. The van der Waals surface area contributed by atoms with E-state index in [1.807, 2.05) is 32.0 Å². The van der Waals surface area contributed by atoms with Crippen LogP contribution in [0.2, 0.25) is 0 Å². The average Bonchev–Trinajstić information content (AvgIpc) is 2.61. The summed E-state index contributed by atoms with van der Waals surface area (Å²) in [5.74, 6) is -1.56. The molecule has 0 aliphatic carbocycles. The van der Waals surface area contributed by atoms with Gasteiger partial charge in [0.05, 0.1) is 12.1 Å². The van der Waals surface area contributed by atoms with Gasteiger partial charge in [0.15, 0.2) is 6.61 Å². The lowest BCUT2D eigenvalue weighted by molar-refractivity contribution is -0.126. The smallest absolute Gasteiger partial charge is 0.340 e. The summed E-state index contributed by atoms with van der Waals surface area (Å²) in [5, 5.41) is 5.17. The SMILES string of the molecule is Cc1ccc(C(=O)OCC(=O)NCC(=O)Nc2c(C)cccc2C)cn1. The Bertz CT molecular complexity index is 796. The predicted octanol–water partition coefficient (Wildman–Crippen LogP) is 1.92. The molecule has 2 N–H and O–H groups in total. The first-order chi connectivity index (χ1) is 12.4. The van der Waals surface area contributed by atoms with E-state index in [0.717, 1.165) is 22.5 Å². The van der Waals surface area contributed by atoms with Crippen molar-refractivity contribution in [3.63, 3.8) is 0 Å². The number of amides is 2. The number of pyridine rings is 1. The number of esters is 1. The van der Waals surface area contributed by atoms with Crippen LogP contribution in [0, 0.1) is 20.8 Å². The number of carbonyl (C=O) groups excluding carboxylic acids is 3. The van der Waals surface area contributed by atoms with Crippen LogP contribution in [0.4, 0.5) is 5.69 Å². The number of ether oxygens (including phenoxy) is 1. The summed E-state index contributed by atoms with van der Waals surface area (Å²) in [6.45, 7) is 4.90. The molecule has 0 aliphatic heterocycles. The van der Waals surface area contributed by atoms with Gasteiger partial charge < -0.3 is 15.4 Å². The number of carbonyl (C=O) groups is 3. The van der Waals surface area contributed by atoms with Gasteiger partial charge in [0.1, 0.15) is 0 Å². The van der Waals surface area contributed by atoms with Crippen molar-refractivity contribution in [1.82, 2.24) is 10.3 Å². The highest BCUT2D eigenvalue weighted by molar-refractivity contribution is 5.96. The molecule has 136 valence electrons. The number of anilines is 1. The Labute approximate surface area is 151 Å². The molecule has 2 aromatic rings. The number of nitrogens with zero attached hydrogens (tertiary/aromatic N) is 1. The quantitative estimate of drug-likeness (QED) is 0.772. The van der Waals surface area contributed by atoms with E-state index in [4.69, 9.17) is 4.74 Å². The molecule has 0 spiro atoms. The lowest BCUT2D eigenvalue weighted by atomic mass is 10.1. The van der Waals surface area contributed by atoms with Crippen LogP contribution in [0.5, 0.6) is 0 Å². The highest BCUT2D eigenvalue weighted by atomic mass is 16.5. The molecule has 0 saturated carbocycles. The van der Waals surface area contributed by atoms with Gasteiger partial charge >= 0.3 is 5.97 Å². The molecule has 1 aromatic heterocycles. The van der Waals surface area contributed by atoms with E-state index in [0.29, 0.717) is 0 Å². The fourth-order valence-electron chi connectivity index (χ4n) is 2.23. The second-order valence-electron chi connectivity index (χ2n) is 5.86. The number of aromatic nitrogens is 1. The molecule has 0 unspecified atom stereocenters. The fourth-order valence-corrected chi connectivity index (χ4v) is 2.23. The highest BCUT2D eigenvalue weighted by Crippen LogP contribution is 2.18. The summed E-state index contributed by atoms with van der Waals surface area (Å²) in [6.07, 6.45) is 1.38. The maximum absolute atomic E-state index is 12.0. The number of hydrogen-bond donors (Lipinski definition) is 2. The molecule has 2 amide bonds. The first-order valence-corrected chi connectivity index (χ1v) is 8.09. The average molecular weight is 355 g/mol. The molecule has 0 radical (unpaired) electrons. The topological polar surface area (TPSA) is 97.4 Å². The van der Waals surface area contributed by atoms with Gasteiger partial charge in [-0.1, -0.05) is 18.2 Å².